The molecule has 2 aromatic rings. The molecule has 0 aliphatic heterocycles. The van der Waals surface area contributed by atoms with Crippen LogP contribution in [0, 0.1) is 0 Å². The van der Waals surface area contributed by atoms with E-state index in [0.717, 1.165) is 19.3 Å². The molecule has 2 aromatic heterocycles. The van der Waals surface area contributed by atoms with Gasteiger partial charge in [-0.1, -0.05) is 12.8 Å². The van der Waals surface area contributed by atoms with E-state index in [2.05, 4.69) is 20.4 Å². The summed E-state index contributed by atoms with van der Waals surface area (Å²) < 4.78 is 1.39. The zero-order valence-corrected chi connectivity index (χ0v) is 13.6. The van der Waals surface area contributed by atoms with Crippen LogP contribution in [0.2, 0.25) is 0 Å². The van der Waals surface area contributed by atoms with Crippen LogP contribution >= 0.6 is 0 Å². The Kier molecular flexibility index (Phi) is 6.84. The molecule has 0 aromatic carbocycles. The van der Waals surface area contributed by atoms with Gasteiger partial charge in [0, 0.05) is 31.6 Å². The summed E-state index contributed by atoms with van der Waals surface area (Å²) in [6.07, 6.45) is 7.70. The number of aromatic nitrogens is 4. The SMILES string of the molecule is O=C(CCCCCCNC(=O)c1cnc(-n2cccn2)[nH]c1=O)NO. The molecule has 10 nitrogen and oxygen atoms in total. The Morgan fingerprint density at radius 2 is 2.04 bits per heavy atom. The number of unbranched alkanes of at least 4 members (excludes halogenated alkanes) is 3. The highest BCUT2D eigenvalue weighted by Crippen LogP contribution is 2.02. The molecular formula is C15H20N6O4. The maximum Gasteiger partial charge on any atom is 0.265 e. The van der Waals surface area contributed by atoms with E-state index < -0.39 is 17.4 Å². The molecule has 4 N–H and O–H groups in total. The number of nitrogens with one attached hydrogen (secondary N) is 3. The van der Waals surface area contributed by atoms with Crippen molar-refractivity contribution in [2.24, 2.45) is 0 Å². The molecule has 0 spiro atoms. The van der Waals surface area contributed by atoms with Gasteiger partial charge in [-0.25, -0.2) is 15.1 Å². The first-order valence-electron chi connectivity index (χ1n) is 7.92. The van der Waals surface area contributed by atoms with E-state index in [4.69, 9.17) is 5.21 Å². The molecule has 0 radical (unpaired) electrons. The largest absolute Gasteiger partial charge is 0.352 e. The van der Waals surface area contributed by atoms with Crippen molar-refractivity contribution in [3.8, 4) is 5.95 Å². The van der Waals surface area contributed by atoms with Crippen molar-refractivity contribution in [3.05, 3.63) is 40.6 Å². The number of H-pyrrole nitrogens is 1. The zero-order chi connectivity index (χ0) is 18.1. The molecule has 0 unspecified atom stereocenters. The number of hydrogen-bond donors (Lipinski definition) is 4. The maximum absolute atomic E-state index is 12.0. The van der Waals surface area contributed by atoms with Crippen LogP contribution in [0.3, 0.4) is 0 Å². The van der Waals surface area contributed by atoms with Gasteiger partial charge in [0.2, 0.25) is 11.9 Å². The number of nitrogens with zero attached hydrogens (tertiary/aromatic N) is 3. The van der Waals surface area contributed by atoms with Crippen molar-refractivity contribution in [1.29, 1.82) is 0 Å². The lowest BCUT2D eigenvalue weighted by Gasteiger charge is -2.05. The predicted octanol–water partition coefficient (Wildman–Crippen LogP) is 0.141. The van der Waals surface area contributed by atoms with Gasteiger partial charge in [0.05, 0.1) is 0 Å². The monoisotopic (exact) mass is 348 g/mol. The number of hydrogen-bond acceptors (Lipinski definition) is 6. The molecule has 0 atom stereocenters. The van der Waals surface area contributed by atoms with Gasteiger partial charge in [0.1, 0.15) is 5.56 Å². The lowest BCUT2D eigenvalue weighted by Crippen LogP contribution is -2.31. The number of rotatable bonds is 9. The van der Waals surface area contributed by atoms with E-state index in [1.807, 2.05) is 0 Å². The topological polar surface area (TPSA) is 142 Å². The Bertz CT molecular complexity index is 756. The minimum atomic E-state index is -0.534. The molecule has 0 aliphatic carbocycles. The molecule has 0 aliphatic rings. The highest BCUT2D eigenvalue weighted by atomic mass is 16.5. The van der Waals surface area contributed by atoms with Crippen LogP contribution in [-0.4, -0.2) is 43.3 Å². The Morgan fingerprint density at radius 1 is 1.24 bits per heavy atom. The lowest BCUT2D eigenvalue weighted by atomic mass is 10.1. The first kappa shape index (κ1) is 18.3. The van der Waals surface area contributed by atoms with Crippen LogP contribution in [0.25, 0.3) is 5.95 Å². The summed E-state index contributed by atoms with van der Waals surface area (Å²) >= 11 is 0. The summed E-state index contributed by atoms with van der Waals surface area (Å²) in [5, 5.41) is 15.0. The van der Waals surface area contributed by atoms with Gasteiger partial charge in [-0.15, -0.1) is 0 Å². The Labute approximate surface area is 143 Å². The van der Waals surface area contributed by atoms with Crippen molar-refractivity contribution in [2.75, 3.05) is 6.54 Å². The van der Waals surface area contributed by atoms with Crippen LogP contribution in [0.15, 0.2) is 29.5 Å². The maximum atomic E-state index is 12.0. The van der Waals surface area contributed by atoms with Crippen LogP contribution < -0.4 is 16.4 Å². The molecule has 134 valence electrons. The molecule has 2 rings (SSSR count). The third-order valence-corrected chi connectivity index (χ3v) is 3.49. The van der Waals surface area contributed by atoms with Crippen molar-refractivity contribution in [2.45, 2.75) is 32.1 Å². The summed E-state index contributed by atoms with van der Waals surface area (Å²) in [5.41, 5.74) is 0.984. The summed E-state index contributed by atoms with van der Waals surface area (Å²) in [5.74, 6) is -0.655. The minimum Gasteiger partial charge on any atom is -0.352 e. The normalized spacial score (nSPS) is 10.4. The number of carbonyl (C=O) groups is 2. The third-order valence-electron chi connectivity index (χ3n) is 3.49. The van der Waals surface area contributed by atoms with Crippen LogP contribution in [-0.2, 0) is 4.79 Å². The fraction of sp³-hybridized carbons (Fsp3) is 0.400. The smallest absolute Gasteiger partial charge is 0.265 e. The van der Waals surface area contributed by atoms with Gasteiger partial charge >= 0.3 is 0 Å². The molecule has 25 heavy (non-hydrogen) atoms. The van der Waals surface area contributed by atoms with Crippen LogP contribution in [0.1, 0.15) is 42.5 Å². The first-order valence-corrected chi connectivity index (χ1v) is 7.92. The molecular weight excluding hydrogens is 328 g/mol. The van der Waals surface area contributed by atoms with Gasteiger partial charge < -0.3 is 5.32 Å². The van der Waals surface area contributed by atoms with Crippen molar-refractivity contribution >= 4 is 11.8 Å². The van der Waals surface area contributed by atoms with E-state index in [1.165, 1.54) is 10.9 Å². The predicted molar refractivity (Wildman–Crippen MR) is 87.3 cm³/mol. The fourth-order valence-electron chi connectivity index (χ4n) is 2.17. The van der Waals surface area contributed by atoms with Crippen molar-refractivity contribution in [3.63, 3.8) is 0 Å². The minimum absolute atomic E-state index is 0.0597. The molecule has 0 bridgehead atoms. The Morgan fingerprint density at radius 3 is 2.72 bits per heavy atom. The second-order valence-corrected chi connectivity index (χ2v) is 5.36. The zero-order valence-electron chi connectivity index (χ0n) is 13.6. The fourth-order valence-corrected chi connectivity index (χ4v) is 2.17. The summed E-state index contributed by atoms with van der Waals surface area (Å²) in [7, 11) is 0. The van der Waals surface area contributed by atoms with Gasteiger partial charge in [-0.2, -0.15) is 5.10 Å². The Hall–Kier alpha value is -3.01. The molecule has 2 amide bonds. The summed E-state index contributed by atoms with van der Waals surface area (Å²) in [6.45, 7) is 0.422. The number of amides is 2. The second-order valence-electron chi connectivity index (χ2n) is 5.36. The molecule has 2 heterocycles. The lowest BCUT2D eigenvalue weighted by molar-refractivity contribution is -0.129. The van der Waals surface area contributed by atoms with Gasteiger partial charge in [-0.3, -0.25) is 24.6 Å². The van der Waals surface area contributed by atoms with Crippen LogP contribution in [0.5, 0.6) is 0 Å². The van der Waals surface area contributed by atoms with E-state index in [9.17, 15) is 14.4 Å². The van der Waals surface area contributed by atoms with Crippen molar-refractivity contribution in [1.82, 2.24) is 30.5 Å². The average Bonchev–Trinajstić information content (AvgIpc) is 3.15. The summed E-state index contributed by atoms with van der Waals surface area (Å²) in [4.78, 5) is 41.3. The van der Waals surface area contributed by atoms with Gasteiger partial charge in [-0.05, 0) is 18.9 Å². The highest BCUT2D eigenvalue weighted by molar-refractivity contribution is 5.93. The van der Waals surface area contributed by atoms with E-state index in [0.29, 0.717) is 13.0 Å². The quantitative estimate of drug-likeness (QED) is 0.288. The van der Waals surface area contributed by atoms with E-state index in [-0.39, 0.29) is 17.9 Å². The van der Waals surface area contributed by atoms with Gasteiger partial charge in [0.25, 0.3) is 11.5 Å². The summed E-state index contributed by atoms with van der Waals surface area (Å²) in [6, 6.07) is 1.69. The van der Waals surface area contributed by atoms with E-state index >= 15 is 0 Å². The highest BCUT2D eigenvalue weighted by Gasteiger charge is 2.12. The standard InChI is InChI=1S/C15H20N6O4/c22-12(20-25)6-3-1-2-4-7-16-13(23)11-10-17-15(19-14(11)24)21-9-5-8-18-21/h5,8-10,25H,1-4,6-7H2,(H,16,23)(H,20,22)(H,17,19,24). The molecule has 0 saturated carbocycles. The average molecular weight is 348 g/mol. The molecule has 10 heteroatoms. The molecule has 0 fully saturated rings. The number of aromatic amines is 1. The third kappa shape index (κ3) is 5.53. The van der Waals surface area contributed by atoms with Crippen LogP contribution in [0.4, 0.5) is 0 Å². The first-order chi connectivity index (χ1) is 12.1. The van der Waals surface area contributed by atoms with Crippen molar-refractivity contribution < 1.29 is 14.8 Å². The molecule has 0 saturated heterocycles. The van der Waals surface area contributed by atoms with Gasteiger partial charge in [0.15, 0.2) is 0 Å². The second kappa shape index (κ2) is 9.33. The Balaban J connectivity index is 1.74. The number of carbonyl (C=O) groups excluding carboxylic acids is 2. The number of hydroxylamine groups is 1. The van der Waals surface area contributed by atoms with E-state index in [1.54, 1.807) is 23.9 Å².